The molecule has 3 N–H and O–H groups in total. The summed E-state index contributed by atoms with van der Waals surface area (Å²) in [5.74, 6) is -0.874. The van der Waals surface area contributed by atoms with Gasteiger partial charge >= 0.3 is 0 Å². The zero-order valence-electron chi connectivity index (χ0n) is 23.6. The predicted octanol–water partition coefficient (Wildman–Crippen LogP) is 3.71. The van der Waals surface area contributed by atoms with Gasteiger partial charge in [0.1, 0.15) is 12.1 Å². The lowest BCUT2D eigenvalue weighted by Crippen LogP contribution is -2.55. The molecule has 3 amide bonds. The van der Waals surface area contributed by atoms with Crippen LogP contribution in [0.5, 0.6) is 0 Å². The van der Waals surface area contributed by atoms with E-state index in [4.69, 9.17) is 5.73 Å². The topological polar surface area (TPSA) is 95.7 Å². The standard InChI is InChI=1S/C32H40N4O3/c1-32(2,33)19-11-16-29(37)35(4)28(22-24-17-18-25-14-9-10-15-26(25)20-24)31(39)36(5)27(30(38)34-3)21-23-12-7-6-8-13-23/h6-18,20,27-28H,19,21-22,33H2,1-5H3,(H,34,38)/t27-,28?/m1/s1. The Morgan fingerprint density at radius 1 is 0.846 bits per heavy atom. The summed E-state index contributed by atoms with van der Waals surface area (Å²) in [6.45, 7) is 3.77. The molecule has 0 heterocycles. The minimum Gasteiger partial charge on any atom is -0.357 e. The normalized spacial score (nSPS) is 13.2. The van der Waals surface area contributed by atoms with E-state index in [-0.39, 0.29) is 17.7 Å². The van der Waals surface area contributed by atoms with E-state index < -0.39 is 17.6 Å². The molecule has 3 aromatic rings. The third-order valence-electron chi connectivity index (χ3n) is 6.88. The smallest absolute Gasteiger partial charge is 0.246 e. The zero-order valence-corrected chi connectivity index (χ0v) is 23.6. The highest BCUT2D eigenvalue weighted by Gasteiger charge is 2.34. The van der Waals surface area contributed by atoms with Crippen molar-refractivity contribution in [2.75, 3.05) is 21.1 Å². The van der Waals surface area contributed by atoms with E-state index in [0.29, 0.717) is 19.3 Å². The van der Waals surface area contributed by atoms with Crippen molar-refractivity contribution >= 4 is 28.5 Å². The van der Waals surface area contributed by atoms with E-state index in [1.165, 1.54) is 15.9 Å². The van der Waals surface area contributed by atoms with E-state index in [1.807, 2.05) is 86.6 Å². The van der Waals surface area contributed by atoms with Crippen LogP contribution in [0, 0.1) is 0 Å². The van der Waals surface area contributed by atoms with Gasteiger partial charge in [-0.05, 0) is 48.2 Å². The van der Waals surface area contributed by atoms with Crippen molar-refractivity contribution in [2.45, 2.75) is 50.7 Å². The quantitative estimate of drug-likeness (QED) is 0.371. The molecule has 3 aromatic carbocycles. The monoisotopic (exact) mass is 528 g/mol. The fraction of sp³-hybridized carbons (Fsp3) is 0.344. The third-order valence-corrected chi connectivity index (χ3v) is 6.88. The summed E-state index contributed by atoms with van der Waals surface area (Å²) < 4.78 is 0. The van der Waals surface area contributed by atoms with E-state index >= 15 is 0 Å². The maximum atomic E-state index is 14.1. The number of nitrogens with zero attached hydrogens (tertiary/aromatic N) is 2. The van der Waals surface area contributed by atoms with E-state index in [0.717, 1.165) is 21.9 Å². The summed E-state index contributed by atoms with van der Waals surface area (Å²) in [7, 11) is 4.82. The fourth-order valence-electron chi connectivity index (χ4n) is 4.51. The van der Waals surface area contributed by atoms with Gasteiger partial charge in [0.25, 0.3) is 0 Å². The predicted molar refractivity (Wildman–Crippen MR) is 157 cm³/mol. The summed E-state index contributed by atoms with van der Waals surface area (Å²) in [5.41, 5.74) is 7.47. The summed E-state index contributed by atoms with van der Waals surface area (Å²) >= 11 is 0. The van der Waals surface area contributed by atoms with Crippen molar-refractivity contribution in [3.63, 3.8) is 0 Å². The molecule has 0 aliphatic rings. The molecule has 0 aromatic heterocycles. The SMILES string of the molecule is CNC(=O)[C@@H](Cc1ccccc1)N(C)C(=O)C(Cc1ccc2ccccc2c1)N(C)C(=O)C=CCC(C)(C)N. The van der Waals surface area contributed by atoms with Gasteiger partial charge in [-0.3, -0.25) is 14.4 Å². The Bertz CT molecular complexity index is 1310. The molecule has 0 bridgehead atoms. The molecule has 2 atom stereocenters. The largest absolute Gasteiger partial charge is 0.357 e. The number of fused-ring (bicyclic) bond motifs is 1. The van der Waals surface area contributed by atoms with Crippen molar-refractivity contribution in [3.8, 4) is 0 Å². The van der Waals surface area contributed by atoms with E-state index in [2.05, 4.69) is 5.32 Å². The number of hydrogen-bond acceptors (Lipinski definition) is 4. The number of hydrogen-bond donors (Lipinski definition) is 2. The number of nitrogens with two attached hydrogens (primary N) is 1. The van der Waals surface area contributed by atoms with Crippen LogP contribution in [0.4, 0.5) is 0 Å². The second-order valence-electron chi connectivity index (χ2n) is 10.7. The Morgan fingerprint density at radius 2 is 1.46 bits per heavy atom. The molecular weight excluding hydrogens is 488 g/mol. The van der Waals surface area contributed by atoms with Gasteiger partial charge in [-0.2, -0.15) is 0 Å². The molecule has 39 heavy (non-hydrogen) atoms. The Labute approximate surface area is 231 Å². The fourth-order valence-corrected chi connectivity index (χ4v) is 4.51. The third kappa shape index (κ3) is 8.26. The zero-order chi connectivity index (χ0) is 28.6. The highest BCUT2D eigenvalue weighted by atomic mass is 16.2. The molecule has 1 unspecified atom stereocenters. The second-order valence-corrected chi connectivity index (χ2v) is 10.7. The molecule has 0 fully saturated rings. The first-order valence-corrected chi connectivity index (χ1v) is 13.2. The molecule has 0 saturated heterocycles. The number of nitrogens with one attached hydrogen (secondary N) is 1. The lowest BCUT2D eigenvalue weighted by Gasteiger charge is -2.34. The van der Waals surface area contributed by atoms with Gasteiger partial charge in [-0.1, -0.05) is 78.9 Å². The summed E-state index contributed by atoms with van der Waals surface area (Å²) in [4.78, 5) is 43.1. The first kappa shape index (κ1) is 29.6. The Morgan fingerprint density at radius 3 is 2.10 bits per heavy atom. The molecule has 0 aliphatic carbocycles. The van der Waals surface area contributed by atoms with Crippen LogP contribution in [0.3, 0.4) is 0 Å². The van der Waals surface area contributed by atoms with Crippen molar-refractivity contribution in [1.82, 2.24) is 15.1 Å². The number of carbonyl (C=O) groups excluding carboxylic acids is 3. The average molecular weight is 529 g/mol. The number of likely N-dealkylation sites (N-methyl/N-ethyl adjacent to an activating group) is 3. The van der Waals surface area contributed by atoms with E-state index in [1.54, 1.807) is 27.2 Å². The minimum absolute atomic E-state index is 0.266. The van der Waals surface area contributed by atoms with Gasteiger partial charge < -0.3 is 20.9 Å². The minimum atomic E-state index is -0.817. The molecule has 0 saturated carbocycles. The first-order chi connectivity index (χ1) is 18.5. The molecule has 0 spiro atoms. The Balaban J connectivity index is 1.93. The highest BCUT2D eigenvalue weighted by Crippen LogP contribution is 2.20. The van der Waals surface area contributed by atoms with Crippen LogP contribution in [0.25, 0.3) is 10.8 Å². The summed E-state index contributed by atoms with van der Waals surface area (Å²) in [6, 6.07) is 22.1. The molecular formula is C32H40N4O3. The Kier molecular flexibility index (Phi) is 10.0. The van der Waals surface area contributed by atoms with Crippen LogP contribution in [-0.4, -0.2) is 66.3 Å². The first-order valence-electron chi connectivity index (χ1n) is 13.2. The van der Waals surface area contributed by atoms with Crippen LogP contribution in [0.1, 0.15) is 31.4 Å². The van der Waals surface area contributed by atoms with Gasteiger partial charge in [-0.25, -0.2) is 0 Å². The maximum absolute atomic E-state index is 14.1. The summed E-state index contributed by atoms with van der Waals surface area (Å²) in [5, 5.41) is 4.84. The lowest BCUT2D eigenvalue weighted by molar-refractivity contribution is -0.146. The number of amides is 3. The number of benzene rings is 3. The van der Waals surface area contributed by atoms with Crippen molar-refractivity contribution in [2.24, 2.45) is 5.73 Å². The van der Waals surface area contributed by atoms with Gasteiger partial charge in [0.2, 0.25) is 17.7 Å². The number of carbonyl (C=O) groups is 3. The van der Waals surface area contributed by atoms with Crippen molar-refractivity contribution < 1.29 is 14.4 Å². The molecule has 7 heteroatoms. The Hall–Kier alpha value is -3.97. The van der Waals surface area contributed by atoms with Gasteiger partial charge in [0, 0.05) is 39.5 Å². The van der Waals surface area contributed by atoms with Crippen LogP contribution in [-0.2, 0) is 27.2 Å². The van der Waals surface area contributed by atoms with Crippen LogP contribution in [0.15, 0.2) is 84.9 Å². The highest BCUT2D eigenvalue weighted by molar-refractivity contribution is 5.95. The van der Waals surface area contributed by atoms with Crippen LogP contribution < -0.4 is 11.1 Å². The van der Waals surface area contributed by atoms with Crippen molar-refractivity contribution in [3.05, 3.63) is 96.1 Å². The van der Waals surface area contributed by atoms with Gasteiger partial charge in [-0.15, -0.1) is 0 Å². The molecule has 7 nitrogen and oxygen atoms in total. The van der Waals surface area contributed by atoms with Gasteiger partial charge in [0.05, 0.1) is 0 Å². The maximum Gasteiger partial charge on any atom is 0.246 e. The van der Waals surface area contributed by atoms with E-state index in [9.17, 15) is 14.4 Å². The second kappa shape index (κ2) is 13.2. The van der Waals surface area contributed by atoms with Crippen LogP contribution in [0.2, 0.25) is 0 Å². The van der Waals surface area contributed by atoms with Crippen LogP contribution >= 0.6 is 0 Å². The van der Waals surface area contributed by atoms with Crippen molar-refractivity contribution in [1.29, 1.82) is 0 Å². The van der Waals surface area contributed by atoms with Gasteiger partial charge in [0.15, 0.2) is 0 Å². The molecule has 0 radical (unpaired) electrons. The number of rotatable bonds is 11. The average Bonchev–Trinajstić information content (AvgIpc) is 2.92. The molecule has 0 aliphatic heterocycles. The lowest BCUT2D eigenvalue weighted by atomic mass is 9.98. The summed E-state index contributed by atoms with van der Waals surface area (Å²) in [6.07, 6.45) is 4.39. The molecule has 206 valence electrons. The molecule has 3 rings (SSSR count).